The first-order valence-corrected chi connectivity index (χ1v) is 8.37. The van der Waals surface area contributed by atoms with E-state index in [0.717, 1.165) is 12.1 Å². The molecule has 0 aliphatic heterocycles. The van der Waals surface area contributed by atoms with Crippen LogP contribution in [0.1, 0.15) is 13.8 Å². The molecule has 5 nitrogen and oxygen atoms in total. The van der Waals surface area contributed by atoms with Gasteiger partial charge in [0, 0.05) is 26.3 Å². The normalized spacial score (nSPS) is 12.0. The summed E-state index contributed by atoms with van der Waals surface area (Å²) in [4.78, 5) is 0.0666. The Hall–Kier alpha value is -1.02. The van der Waals surface area contributed by atoms with Crippen LogP contribution in [0.5, 0.6) is 0 Å². The van der Waals surface area contributed by atoms with Crippen molar-refractivity contribution in [2.75, 3.05) is 39.5 Å². The summed E-state index contributed by atoms with van der Waals surface area (Å²) in [7, 11) is -3.67. The van der Waals surface area contributed by atoms with Crippen LogP contribution < -0.4 is 0 Å². The summed E-state index contributed by atoms with van der Waals surface area (Å²) < 4.78 is 49.7. The second-order valence-corrected chi connectivity index (χ2v) is 6.19. The predicted molar refractivity (Wildman–Crippen MR) is 78.1 cm³/mol. The first kappa shape index (κ1) is 18.0. The molecule has 0 unspecified atom stereocenters. The van der Waals surface area contributed by atoms with E-state index in [2.05, 4.69) is 0 Å². The number of ether oxygens (including phenoxy) is 2. The fourth-order valence-corrected chi connectivity index (χ4v) is 3.14. The summed E-state index contributed by atoms with van der Waals surface area (Å²) >= 11 is 0. The van der Waals surface area contributed by atoms with Gasteiger partial charge in [-0.1, -0.05) is 0 Å². The Balaban J connectivity index is 2.84. The molecule has 0 radical (unpaired) electrons. The largest absolute Gasteiger partial charge is 0.380 e. The fourth-order valence-electron chi connectivity index (χ4n) is 1.73. The van der Waals surface area contributed by atoms with Crippen LogP contribution >= 0.6 is 0 Å². The van der Waals surface area contributed by atoms with Crippen molar-refractivity contribution in [2.24, 2.45) is 0 Å². The van der Waals surface area contributed by atoms with Crippen LogP contribution in [0, 0.1) is 5.82 Å². The van der Waals surface area contributed by atoms with Crippen molar-refractivity contribution in [3.05, 3.63) is 30.1 Å². The molecular weight excluding hydrogens is 297 g/mol. The summed E-state index contributed by atoms with van der Waals surface area (Å²) in [5.74, 6) is -0.468. The van der Waals surface area contributed by atoms with Crippen molar-refractivity contribution in [2.45, 2.75) is 18.7 Å². The monoisotopic (exact) mass is 319 g/mol. The van der Waals surface area contributed by atoms with Crippen LogP contribution in [-0.2, 0) is 19.5 Å². The summed E-state index contributed by atoms with van der Waals surface area (Å²) in [6, 6.07) is 4.80. The van der Waals surface area contributed by atoms with E-state index in [1.807, 2.05) is 13.8 Å². The van der Waals surface area contributed by atoms with Crippen molar-refractivity contribution in [3.8, 4) is 0 Å². The molecule has 0 aliphatic rings. The molecule has 0 fully saturated rings. The van der Waals surface area contributed by atoms with Crippen LogP contribution in [0.25, 0.3) is 0 Å². The Kier molecular flexibility index (Phi) is 7.81. The molecule has 0 N–H and O–H groups in total. The van der Waals surface area contributed by atoms with E-state index in [1.54, 1.807) is 0 Å². The standard InChI is InChI=1S/C14H22FNO4S/c1-3-19-11-9-16(10-12-20-4-2)21(17,18)14-7-5-13(15)6-8-14/h5-8H,3-4,9-12H2,1-2H3. The van der Waals surface area contributed by atoms with Gasteiger partial charge in [0.25, 0.3) is 0 Å². The highest BCUT2D eigenvalue weighted by atomic mass is 32.2. The summed E-state index contributed by atoms with van der Waals surface area (Å²) in [6.07, 6.45) is 0. The van der Waals surface area contributed by atoms with Gasteiger partial charge in [-0.2, -0.15) is 4.31 Å². The lowest BCUT2D eigenvalue weighted by molar-refractivity contribution is 0.110. The molecular formula is C14H22FNO4S. The number of hydrogen-bond donors (Lipinski definition) is 0. The van der Waals surface area contributed by atoms with Gasteiger partial charge >= 0.3 is 0 Å². The van der Waals surface area contributed by atoms with Gasteiger partial charge in [-0.05, 0) is 38.1 Å². The molecule has 0 spiro atoms. The van der Waals surface area contributed by atoms with E-state index >= 15 is 0 Å². The van der Waals surface area contributed by atoms with Gasteiger partial charge in [-0.3, -0.25) is 0 Å². The van der Waals surface area contributed by atoms with Crippen molar-refractivity contribution in [1.82, 2.24) is 4.31 Å². The summed E-state index contributed by atoms with van der Waals surface area (Å²) in [5.41, 5.74) is 0. The van der Waals surface area contributed by atoms with Crippen LogP contribution in [0.3, 0.4) is 0 Å². The van der Waals surface area contributed by atoms with E-state index in [-0.39, 0.29) is 18.0 Å². The molecule has 0 aliphatic carbocycles. The Bertz CT molecular complexity index is 494. The van der Waals surface area contributed by atoms with E-state index < -0.39 is 15.8 Å². The number of hydrogen-bond acceptors (Lipinski definition) is 4. The number of benzene rings is 1. The first-order valence-electron chi connectivity index (χ1n) is 6.93. The molecule has 0 saturated heterocycles. The number of halogens is 1. The molecule has 7 heteroatoms. The minimum atomic E-state index is -3.67. The predicted octanol–water partition coefficient (Wildman–Crippen LogP) is 1.89. The molecule has 0 amide bonds. The lowest BCUT2D eigenvalue weighted by Crippen LogP contribution is -2.36. The Morgan fingerprint density at radius 3 is 1.90 bits per heavy atom. The summed E-state index contributed by atoms with van der Waals surface area (Å²) in [6.45, 7) is 5.83. The van der Waals surface area contributed by atoms with Gasteiger partial charge in [0.2, 0.25) is 10.0 Å². The van der Waals surface area contributed by atoms with Gasteiger partial charge in [0.15, 0.2) is 0 Å². The quantitative estimate of drug-likeness (QED) is 0.618. The van der Waals surface area contributed by atoms with Crippen LogP contribution in [0.15, 0.2) is 29.2 Å². The molecule has 1 aromatic rings. The molecule has 0 saturated carbocycles. The zero-order valence-electron chi connectivity index (χ0n) is 12.4. The molecule has 1 rings (SSSR count). The van der Waals surface area contributed by atoms with Crippen LogP contribution in [0.4, 0.5) is 4.39 Å². The van der Waals surface area contributed by atoms with E-state index in [0.29, 0.717) is 26.4 Å². The zero-order valence-corrected chi connectivity index (χ0v) is 13.2. The lowest BCUT2D eigenvalue weighted by Gasteiger charge is -2.22. The third-order valence-corrected chi connectivity index (χ3v) is 4.74. The Morgan fingerprint density at radius 2 is 1.48 bits per heavy atom. The first-order chi connectivity index (χ1) is 10.0. The minimum absolute atomic E-state index is 0.0666. The average molecular weight is 319 g/mol. The van der Waals surface area contributed by atoms with Crippen molar-refractivity contribution >= 4 is 10.0 Å². The highest BCUT2D eigenvalue weighted by Crippen LogP contribution is 2.16. The fraction of sp³-hybridized carbons (Fsp3) is 0.571. The van der Waals surface area contributed by atoms with Gasteiger partial charge in [0.05, 0.1) is 18.1 Å². The van der Waals surface area contributed by atoms with Crippen molar-refractivity contribution in [3.63, 3.8) is 0 Å². The smallest absolute Gasteiger partial charge is 0.243 e. The van der Waals surface area contributed by atoms with Gasteiger partial charge in [-0.25, -0.2) is 12.8 Å². The van der Waals surface area contributed by atoms with E-state index in [9.17, 15) is 12.8 Å². The van der Waals surface area contributed by atoms with Crippen LogP contribution in [0.2, 0.25) is 0 Å². The maximum atomic E-state index is 12.9. The van der Waals surface area contributed by atoms with Crippen molar-refractivity contribution in [1.29, 1.82) is 0 Å². The molecule has 21 heavy (non-hydrogen) atoms. The highest BCUT2D eigenvalue weighted by Gasteiger charge is 2.24. The SMILES string of the molecule is CCOCCN(CCOCC)S(=O)(=O)c1ccc(F)cc1. The zero-order chi connectivity index (χ0) is 15.7. The molecule has 0 aromatic heterocycles. The Labute approximate surface area is 125 Å². The molecule has 0 heterocycles. The third-order valence-electron chi connectivity index (χ3n) is 2.83. The average Bonchev–Trinajstić information content (AvgIpc) is 2.46. The second kappa shape index (κ2) is 9.09. The number of nitrogens with zero attached hydrogens (tertiary/aromatic N) is 1. The molecule has 1 aromatic carbocycles. The topological polar surface area (TPSA) is 55.8 Å². The second-order valence-electron chi connectivity index (χ2n) is 4.25. The molecule has 0 bridgehead atoms. The van der Waals surface area contributed by atoms with E-state index in [1.165, 1.54) is 16.4 Å². The third kappa shape index (κ3) is 5.70. The van der Waals surface area contributed by atoms with Crippen LogP contribution in [-0.4, -0.2) is 52.2 Å². The number of sulfonamides is 1. The van der Waals surface area contributed by atoms with E-state index in [4.69, 9.17) is 9.47 Å². The maximum Gasteiger partial charge on any atom is 0.243 e. The van der Waals surface area contributed by atoms with Gasteiger partial charge in [0.1, 0.15) is 5.82 Å². The van der Waals surface area contributed by atoms with Crippen molar-refractivity contribution < 1.29 is 22.3 Å². The number of rotatable bonds is 10. The molecule has 0 atom stereocenters. The summed E-state index contributed by atoms with van der Waals surface area (Å²) in [5, 5.41) is 0. The lowest BCUT2D eigenvalue weighted by atomic mass is 10.4. The minimum Gasteiger partial charge on any atom is -0.380 e. The Morgan fingerprint density at radius 1 is 1.00 bits per heavy atom. The maximum absolute atomic E-state index is 12.9. The molecule has 120 valence electrons. The van der Waals surface area contributed by atoms with Gasteiger partial charge < -0.3 is 9.47 Å². The highest BCUT2D eigenvalue weighted by molar-refractivity contribution is 7.89. The van der Waals surface area contributed by atoms with Gasteiger partial charge in [-0.15, -0.1) is 0 Å².